The van der Waals surface area contributed by atoms with Crippen LogP contribution in [0.5, 0.6) is 0 Å². The second-order valence-electron chi connectivity index (χ2n) is 3.78. The molecule has 0 fully saturated rings. The highest BCUT2D eigenvalue weighted by Gasteiger charge is 2.12. The molecule has 14 heavy (non-hydrogen) atoms. The van der Waals surface area contributed by atoms with Crippen molar-refractivity contribution in [2.45, 2.75) is 40.0 Å². The summed E-state index contributed by atoms with van der Waals surface area (Å²) in [4.78, 5) is 1.64. The standard InChI is InChI=1S/C13H25S/c1-6-9-13(8-3)10-11-14(5)12(4)7-2/h8,10,13H,3,6-7,9,11H2,1-2,4-5H3/q+1. The minimum absolute atomic E-state index is 0.473. The van der Waals surface area contributed by atoms with Gasteiger partial charge in [-0.2, -0.15) is 0 Å². The Labute approximate surface area is 92.7 Å². The van der Waals surface area contributed by atoms with Gasteiger partial charge in [0.25, 0.3) is 0 Å². The van der Waals surface area contributed by atoms with Gasteiger partial charge in [-0.25, -0.2) is 0 Å². The summed E-state index contributed by atoms with van der Waals surface area (Å²) >= 11 is 0. The molecule has 0 radical (unpaired) electrons. The zero-order valence-electron chi connectivity index (χ0n) is 10.2. The summed E-state index contributed by atoms with van der Waals surface area (Å²) in [5.41, 5.74) is 0. The van der Waals surface area contributed by atoms with Gasteiger partial charge in [0, 0.05) is 0 Å². The first-order valence-electron chi connectivity index (χ1n) is 5.56. The molecule has 0 aliphatic carbocycles. The summed E-state index contributed by atoms with van der Waals surface area (Å²) in [6.45, 7) is 10.6. The van der Waals surface area contributed by atoms with Crippen LogP contribution in [-0.2, 0) is 0 Å². The van der Waals surface area contributed by atoms with E-state index >= 15 is 0 Å². The molecular formula is C13H25S+. The lowest BCUT2D eigenvalue weighted by molar-refractivity contribution is 0.656. The molecule has 2 atom stereocenters. The van der Waals surface area contributed by atoms with Crippen molar-refractivity contribution in [3.63, 3.8) is 0 Å². The third kappa shape index (κ3) is 5.54. The Kier molecular flexibility index (Phi) is 8.07. The van der Waals surface area contributed by atoms with Gasteiger partial charge in [-0.1, -0.05) is 26.8 Å². The molecular weight excluding hydrogens is 188 g/mol. The van der Waals surface area contributed by atoms with Crippen LogP contribution in [0.25, 0.3) is 0 Å². The second kappa shape index (κ2) is 8.16. The van der Waals surface area contributed by atoms with Gasteiger partial charge < -0.3 is 0 Å². The number of rotatable bonds is 7. The van der Waals surface area contributed by atoms with E-state index in [4.69, 9.17) is 0 Å². The fraction of sp³-hybridized carbons (Fsp3) is 0.692. The molecule has 0 rings (SSSR count). The van der Waals surface area contributed by atoms with Crippen LogP contribution in [0.2, 0.25) is 0 Å². The summed E-state index contributed by atoms with van der Waals surface area (Å²) in [6, 6.07) is 0. The zero-order valence-corrected chi connectivity index (χ0v) is 11.0. The van der Waals surface area contributed by atoms with Crippen LogP contribution in [0, 0.1) is 12.3 Å². The maximum atomic E-state index is 3.89. The van der Waals surface area contributed by atoms with E-state index in [2.05, 4.69) is 46.1 Å². The van der Waals surface area contributed by atoms with Crippen molar-refractivity contribution in [1.82, 2.24) is 0 Å². The summed E-state index contributed by atoms with van der Waals surface area (Å²) in [7, 11) is 0.473. The summed E-state index contributed by atoms with van der Waals surface area (Å²) in [5, 5.41) is 0. The van der Waals surface area contributed by atoms with Crippen LogP contribution in [0.15, 0.2) is 12.7 Å². The molecule has 0 saturated heterocycles. The minimum atomic E-state index is 0.473. The maximum Gasteiger partial charge on any atom is 0.128 e. The third-order valence-electron chi connectivity index (χ3n) is 2.67. The Morgan fingerprint density at radius 3 is 2.57 bits per heavy atom. The van der Waals surface area contributed by atoms with Crippen molar-refractivity contribution in [3.05, 3.63) is 19.1 Å². The molecule has 0 aliphatic rings. The highest BCUT2D eigenvalue weighted by Crippen LogP contribution is 2.19. The molecule has 0 saturated carbocycles. The van der Waals surface area contributed by atoms with Crippen LogP contribution < -0.4 is 0 Å². The van der Waals surface area contributed by atoms with Crippen molar-refractivity contribution in [2.75, 3.05) is 12.0 Å². The smallest absolute Gasteiger partial charge is 0.128 e. The topological polar surface area (TPSA) is 0 Å². The Balaban J connectivity index is 3.96. The largest absolute Gasteiger partial charge is 0.146 e. The second-order valence-corrected chi connectivity index (χ2v) is 6.09. The van der Waals surface area contributed by atoms with Crippen molar-refractivity contribution in [3.8, 4) is 0 Å². The van der Waals surface area contributed by atoms with Gasteiger partial charge in [-0.05, 0) is 37.0 Å². The fourth-order valence-corrected chi connectivity index (χ4v) is 2.64. The van der Waals surface area contributed by atoms with Gasteiger partial charge in [0.15, 0.2) is 0 Å². The molecule has 0 aromatic carbocycles. The lowest BCUT2D eigenvalue weighted by atomic mass is 10.0. The Morgan fingerprint density at radius 1 is 1.50 bits per heavy atom. The summed E-state index contributed by atoms with van der Waals surface area (Å²) < 4.78 is 0. The van der Waals surface area contributed by atoms with Gasteiger partial charge in [0.1, 0.15) is 11.7 Å². The van der Waals surface area contributed by atoms with Gasteiger partial charge >= 0.3 is 0 Å². The van der Waals surface area contributed by atoms with Gasteiger partial charge in [0.2, 0.25) is 0 Å². The first-order valence-corrected chi connectivity index (χ1v) is 7.36. The molecule has 1 heteroatoms. The zero-order chi connectivity index (χ0) is 11.0. The summed E-state index contributed by atoms with van der Waals surface area (Å²) in [6.07, 6.45) is 10.6. The van der Waals surface area contributed by atoms with Crippen molar-refractivity contribution < 1.29 is 0 Å². The molecule has 0 heterocycles. The fourth-order valence-electron chi connectivity index (χ4n) is 1.32. The first-order chi connectivity index (χ1) is 6.65. The lowest BCUT2D eigenvalue weighted by Crippen LogP contribution is -2.01. The third-order valence-corrected chi connectivity index (χ3v) is 4.84. The normalized spacial score (nSPS) is 15.9. The van der Waals surface area contributed by atoms with Gasteiger partial charge in [0.05, 0.1) is 6.42 Å². The average molecular weight is 213 g/mol. The molecule has 0 nitrogen and oxygen atoms in total. The molecule has 0 aromatic rings. The van der Waals surface area contributed by atoms with Gasteiger partial charge in [-0.15, -0.1) is 10.5 Å². The van der Waals surface area contributed by atoms with Crippen LogP contribution in [-0.4, -0.2) is 16.9 Å². The first kappa shape index (κ1) is 13.8. The minimum Gasteiger partial charge on any atom is -0.146 e. The molecule has 2 unspecified atom stereocenters. The lowest BCUT2D eigenvalue weighted by Gasteiger charge is -2.05. The number of hydrogen-bond donors (Lipinski definition) is 0. The molecule has 0 aliphatic heterocycles. The van der Waals surface area contributed by atoms with Crippen LogP contribution >= 0.6 is 10.5 Å². The number of allylic oxidation sites excluding steroid dienone is 1. The predicted octanol–water partition coefficient (Wildman–Crippen LogP) is 4.29. The van der Waals surface area contributed by atoms with E-state index < -0.39 is 0 Å². The quantitative estimate of drug-likeness (QED) is 0.336. The van der Waals surface area contributed by atoms with E-state index in [-0.39, 0.29) is 0 Å². The van der Waals surface area contributed by atoms with E-state index in [0.29, 0.717) is 16.4 Å². The monoisotopic (exact) mass is 213 g/mol. The van der Waals surface area contributed by atoms with E-state index in [1.807, 2.05) is 0 Å². The van der Waals surface area contributed by atoms with Crippen LogP contribution in [0.1, 0.15) is 40.0 Å². The van der Waals surface area contributed by atoms with E-state index in [1.165, 1.54) is 25.0 Å². The van der Waals surface area contributed by atoms with Crippen LogP contribution in [0.3, 0.4) is 0 Å². The Bertz CT molecular complexity index is 191. The van der Waals surface area contributed by atoms with Crippen molar-refractivity contribution in [1.29, 1.82) is 0 Å². The number of hydrogen-bond acceptors (Lipinski definition) is 0. The molecule has 82 valence electrons. The van der Waals surface area contributed by atoms with E-state index in [0.717, 1.165) is 0 Å². The van der Waals surface area contributed by atoms with E-state index in [9.17, 15) is 0 Å². The highest BCUT2D eigenvalue weighted by atomic mass is 32.2. The highest BCUT2D eigenvalue weighted by molar-refractivity contribution is 8.15. The predicted molar refractivity (Wildman–Crippen MR) is 72.2 cm³/mol. The molecule has 0 N–H and O–H groups in total. The van der Waals surface area contributed by atoms with E-state index in [1.54, 1.807) is 4.86 Å². The van der Waals surface area contributed by atoms with Crippen molar-refractivity contribution in [2.24, 2.45) is 5.92 Å². The van der Waals surface area contributed by atoms with Crippen LogP contribution in [0.4, 0.5) is 0 Å². The Hall–Kier alpha value is -0.170. The maximum absolute atomic E-state index is 3.89. The molecule has 0 aromatic heterocycles. The Morgan fingerprint density at radius 2 is 2.14 bits per heavy atom. The molecule has 0 amide bonds. The molecule has 0 bridgehead atoms. The summed E-state index contributed by atoms with van der Waals surface area (Å²) in [5.74, 6) is 1.86. The SMILES string of the molecule is C=CC([CH+]C/S(C)=C(\C)CC)CCC. The molecule has 0 spiro atoms. The average Bonchev–Trinajstić information content (AvgIpc) is 2.22. The van der Waals surface area contributed by atoms with Crippen molar-refractivity contribution >= 4 is 15.3 Å². The van der Waals surface area contributed by atoms with Gasteiger partial charge in [-0.3, -0.25) is 0 Å².